The molecule has 0 aromatic rings. The van der Waals surface area contributed by atoms with Crippen LogP contribution >= 0.6 is 0 Å². The van der Waals surface area contributed by atoms with Crippen LogP contribution in [0, 0.1) is 0 Å². The van der Waals surface area contributed by atoms with Crippen LogP contribution in [-0.4, -0.2) is 9.28 Å². The Morgan fingerprint density at radius 3 is 1.67 bits per heavy atom. The van der Waals surface area contributed by atoms with Gasteiger partial charge in [-0.15, -0.1) is 0 Å². The standard InChI is InChI=1S/CH8N2O2Si/c1-6(4-2)5-3/h6H,2-3H2,1H3. The van der Waals surface area contributed by atoms with Crippen LogP contribution in [0.5, 0.6) is 0 Å². The van der Waals surface area contributed by atoms with Crippen molar-refractivity contribution in [3.05, 3.63) is 0 Å². The summed E-state index contributed by atoms with van der Waals surface area (Å²) in [5.74, 6) is 9.28. The summed E-state index contributed by atoms with van der Waals surface area (Å²) in [7, 11) is -1.60. The van der Waals surface area contributed by atoms with Crippen molar-refractivity contribution in [2.45, 2.75) is 6.55 Å². The lowest BCUT2D eigenvalue weighted by atomic mass is 11.9. The Bertz CT molecular complexity index is 30.7. The molecule has 0 atom stereocenters. The minimum absolute atomic E-state index is 1.60. The molecule has 5 heteroatoms. The van der Waals surface area contributed by atoms with E-state index in [9.17, 15) is 0 Å². The first-order valence-corrected chi connectivity index (χ1v) is 3.62. The number of rotatable bonds is 2. The van der Waals surface area contributed by atoms with Crippen LogP contribution in [0.2, 0.25) is 6.55 Å². The van der Waals surface area contributed by atoms with E-state index in [0.29, 0.717) is 0 Å². The van der Waals surface area contributed by atoms with Crippen molar-refractivity contribution >= 4 is 9.28 Å². The van der Waals surface area contributed by atoms with Crippen LogP contribution in [0.3, 0.4) is 0 Å². The van der Waals surface area contributed by atoms with Crippen LogP contribution < -0.4 is 11.8 Å². The molecule has 0 amide bonds. The van der Waals surface area contributed by atoms with Crippen molar-refractivity contribution < 1.29 is 9.05 Å². The van der Waals surface area contributed by atoms with E-state index in [1.807, 2.05) is 0 Å². The lowest BCUT2D eigenvalue weighted by Gasteiger charge is -1.98. The van der Waals surface area contributed by atoms with E-state index >= 15 is 0 Å². The number of hydrogen-bond acceptors (Lipinski definition) is 4. The summed E-state index contributed by atoms with van der Waals surface area (Å²) in [4.78, 5) is 0. The summed E-state index contributed by atoms with van der Waals surface area (Å²) in [5, 5.41) is 0. The van der Waals surface area contributed by atoms with Crippen LogP contribution in [0.25, 0.3) is 0 Å². The highest BCUT2D eigenvalue weighted by atomic mass is 28.3. The molecule has 0 rings (SSSR count). The predicted octanol–water partition coefficient (Wildman–Crippen LogP) is -1.38. The molecule has 0 aromatic heterocycles. The summed E-state index contributed by atoms with van der Waals surface area (Å²) in [6, 6.07) is 0. The molecule has 0 aliphatic rings. The highest BCUT2D eigenvalue weighted by Gasteiger charge is 1.96. The SMILES string of the molecule is C[SiH](ON)ON. The maximum absolute atomic E-state index is 4.64. The van der Waals surface area contributed by atoms with Gasteiger partial charge in [-0.05, 0) is 6.55 Å². The van der Waals surface area contributed by atoms with E-state index in [1.165, 1.54) is 0 Å². The molecule has 0 radical (unpaired) electrons. The second-order valence-electron chi connectivity index (χ2n) is 0.840. The first-order chi connectivity index (χ1) is 2.81. The quantitative estimate of drug-likeness (QED) is 0.338. The molecule has 4 N–H and O–H groups in total. The Kier molecular flexibility index (Phi) is 3.29. The Morgan fingerprint density at radius 1 is 1.33 bits per heavy atom. The van der Waals surface area contributed by atoms with E-state index in [4.69, 9.17) is 0 Å². The summed E-state index contributed by atoms with van der Waals surface area (Å²) in [6.45, 7) is 1.72. The third kappa shape index (κ3) is 2.30. The van der Waals surface area contributed by atoms with E-state index < -0.39 is 9.28 Å². The first kappa shape index (κ1) is 6.06. The van der Waals surface area contributed by atoms with Crippen molar-refractivity contribution in [1.82, 2.24) is 0 Å². The lowest BCUT2D eigenvalue weighted by Crippen LogP contribution is -2.25. The van der Waals surface area contributed by atoms with Crippen LogP contribution in [-0.2, 0) is 9.05 Å². The number of hydrogen-bond donors (Lipinski definition) is 2. The average Bonchev–Trinajstić information content (AvgIpc) is 1.65. The molecule has 4 nitrogen and oxygen atoms in total. The molecule has 0 fully saturated rings. The third-order valence-electron chi connectivity index (χ3n) is 0.383. The predicted molar refractivity (Wildman–Crippen MR) is 23.6 cm³/mol. The Labute approximate surface area is 37.8 Å². The Hall–Kier alpha value is 0.0569. The van der Waals surface area contributed by atoms with Crippen LogP contribution in [0.1, 0.15) is 0 Å². The molecule has 0 aromatic carbocycles. The molecule has 6 heavy (non-hydrogen) atoms. The average molecular weight is 108 g/mol. The fourth-order valence-electron chi connectivity index (χ4n) is 0.0321. The summed E-state index contributed by atoms with van der Waals surface area (Å²) in [5.41, 5.74) is 0. The zero-order valence-electron chi connectivity index (χ0n) is 3.55. The molecule has 0 bridgehead atoms. The second kappa shape index (κ2) is 3.25. The molecule has 0 aliphatic heterocycles. The van der Waals surface area contributed by atoms with Crippen LogP contribution in [0.4, 0.5) is 0 Å². The van der Waals surface area contributed by atoms with Crippen molar-refractivity contribution in [1.29, 1.82) is 0 Å². The zero-order chi connectivity index (χ0) is 4.99. The molecular formula is CH8N2O2Si. The molecule has 0 spiro atoms. The minimum atomic E-state index is -1.60. The molecule has 0 unspecified atom stereocenters. The van der Waals surface area contributed by atoms with E-state index in [2.05, 4.69) is 20.8 Å². The summed E-state index contributed by atoms with van der Waals surface area (Å²) >= 11 is 0. The van der Waals surface area contributed by atoms with Crippen molar-refractivity contribution in [3.8, 4) is 0 Å². The largest absolute Gasteiger partial charge is 0.357 e. The highest BCUT2D eigenvalue weighted by Crippen LogP contribution is 1.71. The van der Waals surface area contributed by atoms with Gasteiger partial charge < -0.3 is 9.05 Å². The van der Waals surface area contributed by atoms with Gasteiger partial charge in [-0.2, -0.15) is 0 Å². The van der Waals surface area contributed by atoms with E-state index in [0.717, 1.165) is 0 Å². The number of nitrogens with two attached hydrogens (primary N) is 2. The van der Waals surface area contributed by atoms with E-state index in [1.54, 1.807) is 6.55 Å². The maximum atomic E-state index is 4.64. The molecule has 0 saturated heterocycles. The van der Waals surface area contributed by atoms with Gasteiger partial charge >= 0.3 is 9.28 Å². The summed E-state index contributed by atoms with van der Waals surface area (Å²) in [6.07, 6.45) is 0. The topological polar surface area (TPSA) is 70.5 Å². The fourth-order valence-corrected chi connectivity index (χ4v) is 0.0962. The van der Waals surface area contributed by atoms with Gasteiger partial charge in [0.05, 0.1) is 0 Å². The van der Waals surface area contributed by atoms with Crippen molar-refractivity contribution in [3.63, 3.8) is 0 Å². The van der Waals surface area contributed by atoms with Gasteiger partial charge in [-0.1, -0.05) is 0 Å². The van der Waals surface area contributed by atoms with Gasteiger partial charge in [0.25, 0.3) is 0 Å². The van der Waals surface area contributed by atoms with Crippen LogP contribution in [0.15, 0.2) is 0 Å². The third-order valence-corrected chi connectivity index (χ3v) is 1.15. The molecule has 0 saturated carbocycles. The van der Waals surface area contributed by atoms with Gasteiger partial charge in [0.2, 0.25) is 0 Å². The van der Waals surface area contributed by atoms with Crippen molar-refractivity contribution in [2.24, 2.45) is 11.8 Å². The second-order valence-corrected chi connectivity index (χ2v) is 2.52. The molecule has 38 valence electrons. The van der Waals surface area contributed by atoms with Gasteiger partial charge in [-0.25, -0.2) is 11.8 Å². The van der Waals surface area contributed by atoms with E-state index in [-0.39, 0.29) is 0 Å². The molecule has 0 aliphatic carbocycles. The highest BCUT2D eigenvalue weighted by molar-refractivity contribution is 6.42. The minimum Gasteiger partial charge on any atom is -0.317 e. The lowest BCUT2D eigenvalue weighted by molar-refractivity contribution is 0.210. The smallest absolute Gasteiger partial charge is 0.317 e. The first-order valence-electron chi connectivity index (χ1n) is 1.52. The van der Waals surface area contributed by atoms with Crippen molar-refractivity contribution in [2.75, 3.05) is 0 Å². The Morgan fingerprint density at radius 2 is 1.67 bits per heavy atom. The maximum Gasteiger partial charge on any atom is 0.357 e. The van der Waals surface area contributed by atoms with Gasteiger partial charge in [0.1, 0.15) is 0 Å². The molecule has 0 heterocycles. The normalized spacial score (nSPS) is 10.0. The monoisotopic (exact) mass is 108 g/mol. The Balaban J connectivity index is 2.75. The van der Waals surface area contributed by atoms with Gasteiger partial charge in [0, 0.05) is 0 Å². The molecular weight excluding hydrogens is 100 g/mol. The zero-order valence-corrected chi connectivity index (χ0v) is 4.70. The van der Waals surface area contributed by atoms with Gasteiger partial charge in [0.15, 0.2) is 0 Å². The van der Waals surface area contributed by atoms with Gasteiger partial charge in [-0.3, -0.25) is 0 Å². The fraction of sp³-hybridized carbons (Fsp3) is 1.00. The summed E-state index contributed by atoms with van der Waals surface area (Å²) < 4.78 is 8.38.